The molecular formula is C36H36BrN3O3. The normalized spacial score (nSPS) is 12.3. The Balaban J connectivity index is 1.37. The number of aryl methyl sites for hydroxylation is 1. The smallest absolute Gasteiger partial charge is 0.339 e. The number of carbonyl (C=O) groups is 2. The number of carbonyl (C=O) groups excluding carboxylic acids is 2. The summed E-state index contributed by atoms with van der Waals surface area (Å²) >= 11 is 3.45. The van der Waals surface area contributed by atoms with Gasteiger partial charge in [0.15, 0.2) is 0 Å². The minimum atomic E-state index is -0.565. The molecule has 0 radical (unpaired) electrons. The van der Waals surface area contributed by atoms with Crippen molar-refractivity contribution in [1.29, 1.82) is 0 Å². The van der Waals surface area contributed by atoms with Crippen molar-refractivity contribution in [3.63, 3.8) is 0 Å². The van der Waals surface area contributed by atoms with Crippen molar-refractivity contribution < 1.29 is 14.3 Å². The largest absolute Gasteiger partial charge is 0.456 e. The maximum absolute atomic E-state index is 13.2. The molecule has 0 fully saturated rings. The monoisotopic (exact) mass is 637 g/mol. The van der Waals surface area contributed by atoms with E-state index >= 15 is 0 Å². The van der Waals surface area contributed by atoms with Gasteiger partial charge in [0.05, 0.1) is 11.6 Å². The summed E-state index contributed by atoms with van der Waals surface area (Å²) in [6.45, 7) is 12.5. The molecule has 1 atom stereocenters. The van der Waals surface area contributed by atoms with Crippen LogP contribution >= 0.6 is 15.9 Å². The lowest BCUT2D eigenvalue weighted by molar-refractivity contribution is 0.00703. The van der Waals surface area contributed by atoms with Gasteiger partial charge in [-0.15, -0.1) is 0 Å². The average molecular weight is 639 g/mol. The molecule has 0 aliphatic rings. The first-order chi connectivity index (χ1) is 20.4. The number of benzene rings is 3. The number of esters is 1. The predicted octanol–water partition coefficient (Wildman–Crippen LogP) is 8.58. The molecule has 0 spiro atoms. The first-order valence-corrected chi connectivity index (χ1v) is 15.1. The summed E-state index contributed by atoms with van der Waals surface area (Å²) < 4.78 is 8.80. The second-order valence-electron chi connectivity index (χ2n) is 11.9. The van der Waals surface area contributed by atoms with Gasteiger partial charge in [-0.25, -0.2) is 4.79 Å². The second-order valence-corrected chi connectivity index (χ2v) is 12.8. The highest BCUT2D eigenvalue weighted by molar-refractivity contribution is 9.10. The van der Waals surface area contributed by atoms with Crippen molar-refractivity contribution in [1.82, 2.24) is 14.9 Å². The number of fused-ring (bicyclic) bond motifs is 1. The molecule has 1 N–H and O–H groups in total. The van der Waals surface area contributed by atoms with E-state index in [1.54, 1.807) is 12.4 Å². The van der Waals surface area contributed by atoms with Crippen molar-refractivity contribution in [2.45, 2.75) is 59.7 Å². The van der Waals surface area contributed by atoms with E-state index in [4.69, 9.17) is 4.74 Å². The van der Waals surface area contributed by atoms with Gasteiger partial charge in [0.2, 0.25) is 0 Å². The molecule has 0 saturated carbocycles. The molecule has 220 valence electrons. The van der Waals surface area contributed by atoms with Crippen LogP contribution in [0.5, 0.6) is 0 Å². The van der Waals surface area contributed by atoms with Gasteiger partial charge in [-0.1, -0.05) is 42.5 Å². The number of nitrogens with zero attached hydrogens (tertiary/aromatic N) is 2. The van der Waals surface area contributed by atoms with Crippen LogP contribution in [0, 0.1) is 13.8 Å². The highest BCUT2D eigenvalue weighted by atomic mass is 79.9. The van der Waals surface area contributed by atoms with Gasteiger partial charge in [-0.3, -0.25) is 9.78 Å². The summed E-state index contributed by atoms with van der Waals surface area (Å²) in [6.07, 6.45) is 3.49. The Labute approximate surface area is 261 Å². The molecule has 0 saturated heterocycles. The summed E-state index contributed by atoms with van der Waals surface area (Å²) in [4.78, 5) is 30.2. The lowest BCUT2D eigenvalue weighted by Gasteiger charge is -2.20. The van der Waals surface area contributed by atoms with Gasteiger partial charge >= 0.3 is 5.97 Å². The fraction of sp³-hybridized carbons (Fsp3) is 0.250. The molecule has 5 aromatic rings. The lowest BCUT2D eigenvalue weighted by atomic mass is 9.98. The third-order valence-corrected chi connectivity index (χ3v) is 8.06. The molecule has 5 rings (SSSR count). The average Bonchev–Trinajstić information content (AvgIpc) is 3.21. The minimum Gasteiger partial charge on any atom is -0.456 e. The SMILES string of the molecule is Cc1c(C)n(Cc2ccc(-c3ccccc3C(=O)OC(C)(C)C)cc2)c2ccc(C(=O)NC(C)c3cncc(Br)c3)cc12. The van der Waals surface area contributed by atoms with E-state index in [1.165, 1.54) is 0 Å². The quantitative estimate of drug-likeness (QED) is 0.181. The van der Waals surface area contributed by atoms with Crippen molar-refractivity contribution >= 4 is 38.7 Å². The van der Waals surface area contributed by atoms with Crippen LogP contribution in [0.3, 0.4) is 0 Å². The molecule has 7 heteroatoms. The molecule has 6 nitrogen and oxygen atoms in total. The first-order valence-electron chi connectivity index (χ1n) is 14.3. The number of aromatic nitrogens is 2. The number of nitrogens with one attached hydrogen (secondary N) is 1. The molecule has 1 unspecified atom stereocenters. The van der Waals surface area contributed by atoms with Gasteiger partial charge in [0.1, 0.15) is 5.60 Å². The molecule has 2 heterocycles. The van der Waals surface area contributed by atoms with Crippen LogP contribution in [-0.4, -0.2) is 27.0 Å². The Kier molecular flexibility index (Phi) is 8.56. The van der Waals surface area contributed by atoms with Crippen molar-refractivity contribution in [2.75, 3.05) is 0 Å². The minimum absolute atomic E-state index is 0.124. The highest BCUT2D eigenvalue weighted by Gasteiger charge is 2.21. The number of rotatable bonds is 7. The van der Waals surface area contributed by atoms with E-state index in [9.17, 15) is 9.59 Å². The summed E-state index contributed by atoms with van der Waals surface area (Å²) in [5, 5.41) is 4.15. The van der Waals surface area contributed by atoms with E-state index < -0.39 is 5.60 Å². The van der Waals surface area contributed by atoms with Gasteiger partial charge in [0, 0.05) is 45.6 Å². The topological polar surface area (TPSA) is 73.2 Å². The molecule has 1 amide bonds. The number of halogens is 1. The fourth-order valence-corrected chi connectivity index (χ4v) is 5.62. The molecular weight excluding hydrogens is 602 g/mol. The Morgan fingerprint density at radius 3 is 2.40 bits per heavy atom. The predicted molar refractivity (Wildman–Crippen MR) is 175 cm³/mol. The maximum atomic E-state index is 13.2. The number of hydrogen-bond acceptors (Lipinski definition) is 4. The summed E-state index contributed by atoms with van der Waals surface area (Å²) in [5.41, 5.74) is 7.86. The zero-order chi connectivity index (χ0) is 30.9. The zero-order valence-corrected chi connectivity index (χ0v) is 27.0. The Morgan fingerprint density at radius 1 is 0.977 bits per heavy atom. The number of amides is 1. The third-order valence-electron chi connectivity index (χ3n) is 7.63. The van der Waals surface area contributed by atoms with E-state index in [0.29, 0.717) is 17.7 Å². The third kappa shape index (κ3) is 6.73. The van der Waals surface area contributed by atoms with Crippen LogP contribution < -0.4 is 5.32 Å². The molecule has 3 aromatic carbocycles. The Bertz CT molecular complexity index is 1820. The molecule has 0 aliphatic heterocycles. The van der Waals surface area contributed by atoms with Crippen LogP contribution in [0.4, 0.5) is 0 Å². The van der Waals surface area contributed by atoms with Crippen molar-refractivity contribution in [2.24, 2.45) is 0 Å². The van der Waals surface area contributed by atoms with Crippen molar-refractivity contribution in [3.05, 3.63) is 123 Å². The fourth-order valence-electron chi connectivity index (χ4n) is 5.24. The van der Waals surface area contributed by atoms with Crippen LogP contribution in [0.15, 0.2) is 89.7 Å². The van der Waals surface area contributed by atoms with Gasteiger partial charge in [0.25, 0.3) is 5.91 Å². The lowest BCUT2D eigenvalue weighted by Crippen LogP contribution is -2.26. The van der Waals surface area contributed by atoms with Crippen LogP contribution in [-0.2, 0) is 11.3 Å². The standard InChI is InChI=1S/C36H36BrN3O3/c1-22-24(3)40(33-16-15-27(18-32(22)33)34(41)39-23(2)28-17-29(37)20-38-19-28)21-25-11-13-26(14-12-25)30-9-7-8-10-31(30)35(42)43-36(4,5)6/h7-20,23H,21H2,1-6H3,(H,39,41). The van der Waals surface area contributed by atoms with E-state index in [2.05, 4.69) is 68.9 Å². The summed E-state index contributed by atoms with van der Waals surface area (Å²) in [5.74, 6) is -0.453. The first kappa shape index (κ1) is 30.2. The molecule has 0 bridgehead atoms. The number of ether oxygens (including phenoxy) is 1. The molecule has 2 aromatic heterocycles. The summed E-state index contributed by atoms with van der Waals surface area (Å²) in [6, 6.07) is 23.5. The Morgan fingerprint density at radius 2 is 1.70 bits per heavy atom. The Hall–Kier alpha value is -4.23. The van der Waals surface area contributed by atoms with Crippen LogP contribution in [0.2, 0.25) is 0 Å². The van der Waals surface area contributed by atoms with Gasteiger partial charge in [-0.05, 0) is 116 Å². The molecule has 0 aliphatic carbocycles. The highest BCUT2D eigenvalue weighted by Crippen LogP contribution is 2.30. The second kappa shape index (κ2) is 12.2. The number of pyridine rings is 1. The van der Waals surface area contributed by atoms with E-state index in [1.807, 2.05) is 76.2 Å². The molecule has 43 heavy (non-hydrogen) atoms. The summed E-state index contributed by atoms with van der Waals surface area (Å²) in [7, 11) is 0. The number of hydrogen-bond donors (Lipinski definition) is 1. The van der Waals surface area contributed by atoms with E-state index in [0.717, 1.165) is 48.9 Å². The van der Waals surface area contributed by atoms with Crippen LogP contribution in [0.25, 0.3) is 22.0 Å². The van der Waals surface area contributed by atoms with Crippen molar-refractivity contribution in [3.8, 4) is 11.1 Å². The zero-order valence-electron chi connectivity index (χ0n) is 25.4. The van der Waals surface area contributed by atoms with Gasteiger partial charge < -0.3 is 14.6 Å². The van der Waals surface area contributed by atoms with E-state index in [-0.39, 0.29) is 17.9 Å². The maximum Gasteiger partial charge on any atom is 0.339 e. The van der Waals surface area contributed by atoms with Gasteiger partial charge in [-0.2, -0.15) is 0 Å². The van der Waals surface area contributed by atoms with Crippen LogP contribution in [0.1, 0.15) is 76.8 Å².